The highest BCUT2D eigenvalue weighted by Gasteiger charge is 2.16. The zero-order valence-electron chi connectivity index (χ0n) is 16.4. The highest BCUT2D eigenvalue weighted by atomic mass is 16.6. The van der Waals surface area contributed by atoms with Crippen molar-refractivity contribution in [3.8, 4) is 0 Å². The summed E-state index contributed by atoms with van der Waals surface area (Å²) < 4.78 is 0. The molecule has 9 nitrogen and oxygen atoms in total. The standard InChI is InChI=1S/C22H18N4O5/c1-14-5-4-6-16(13-14)21(28)24-25-22(29)18-7-2-3-8-19(18)23-20(27)15-9-11-17(12-10-15)26(30)31/h2-13H,1H3,(H,23,27)(H,24,28)(H,25,29). The summed E-state index contributed by atoms with van der Waals surface area (Å²) in [6.45, 7) is 1.85. The Morgan fingerprint density at radius 1 is 0.774 bits per heavy atom. The van der Waals surface area contributed by atoms with Crippen LogP contribution < -0.4 is 16.2 Å². The van der Waals surface area contributed by atoms with Gasteiger partial charge in [-0.15, -0.1) is 0 Å². The summed E-state index contributed by atoms with van der Waals surface area (Å²) in [4.78, 5) is 47.4. The normalized spacial score (nSPS) is 10.1. The van der Waals surface area contributed by atoms with Gasteiger partial charge >= 0.3 is 0 Å². The summed E-state index contributed by atoms with van der Waals surface area (Å²) in [7, 11) is 0. The highest BCUT2D eigenvalue weighted by molar-refractivity contribution is 6.09. The van der Waals surface area contributed by atoms with Crippen molar-refractivity contribution >= 4 is 29.1 Å². The van der Waals surface area contributed by atoms with E-state index in [1.165, 1.54) is 36.4 Å². The van der Waals surface area contributed by atoms with Crippen LogP contribution in [0.4, 0.5) is 11.4 Å². The van der Waals surface area contributed by atoms with E-state index in [1.54, 1.807) is 30.3 Å². The average Bonchev–Trinajstić information content (AvgIpc) is 2.77. The van der Waals surface area contributed by atoms with Gasteiger partial charge in [0.05, 0.1) is 16.2 Å². The van der Waals surface area contributed by atoms with E-state index in [0.717, 1.165) is 5.56 Å². The number of nitro groups is 1. The predicted octanol–water partition coefficient (Wildman–Crippen LogP) is 3.23. The van der Waals surface area contributed by atoms with Crippen LogP contribution in [0.1, 0.15) is 36.6 Å². The molecule has 0 aromatic heterocycles. The van der Waals surface area contributed by atoms with Crippen LogP contribution >= 0.6 is 0 Å². The van der Waals surface area contributed by atoms with E-state index in [1.807, 2.05) is 13.0 Å². The SMILES string of the molecule is Cc1cccc(C(=O)NNC(=O)c2ccccc2NC(=O)c2ccc([N+](=O)[O-])cc2)c1. The number of anilines is 1. The number of hydrogen-bond acceptors (Lipinski definition) is 5. The summed E-state index contributed by atoms with van der Waals surface area (Å²) in [6.07, 6.45) is 0. The van der Waals surface area contributed by atoms with E-state index in [0.29, 0.717) is 5.56 Å². The molecule has 0 aliphatic carbocycles. The van der Waals surface area contributed by atoms with Gasteiger partial charge in [0.2, 0.25) is 0 Å². The monoisotopic (exact) mass is 418 g/mol. The third-order valence-corrected chi connectivity index (χ3v) is 4.33. The van der Waals surface area contributed by atoms with E-state index < -0.39 is 22.6 Å². The molecule has 0 unspecified atom stereocenters. The van der Waals surface area contributed by atoms with E-state index in [4.69, 9.17) is 0 Å². The molecule has 0 heterocycles. The Labute approximate surface area is 177 Å². The molecule has 0 fully saturated rings. The van der Waals surface area contributed by atoms with Crippen LogP contribution in [0.25, 0.3) is 0 Å². The number of nitro benzene ring substituents is 1. The largest absolute Gasteiger partial charge is 0.321 e. The van der Waals surface area contributed by atoms with Crippen molar-refractivity contribution < 1.29 is 19.3 Å². The molecule has 3 amide bonds. The van der Waals surface area contributed by atoms with Gasteiger partial charge in [0.25, 0.3) is 23.4 Å². The Balaban J connectivity index is 1.69. The van der Waals surface area contributed by atoms with Gasteiger partial charge in [0.15, 0.2) is 0 Å². The van der Waals surface area contributed by atoms with Crippen LogP contribution in [0.5, 0.6) is 0 Å². The second-order valence-electron chi connectivity index (χ2n) is 6.58. The Morgan fingerprint density at radius 3 is 2.13 bits per heavy atom. The molecule has 3 aromatic carbocycles. The molecule has 3 rings (SSSR count). The van der Waals surface area contributed by atoms with Crippen molar-refractivity contribution in [3.05, 3.63) is 105 Å². The van der Waals surface area contributed by atoms with E-state index in [2.05, 4.69) is 16.2 Å². The number of nitrogens with one attached hydrogen (secondary N) is 3. The minimum absolute atomic E-state index is 0.127. The number of amides is 3. The first-order valence-electron chi connectivity index (χ1n) is 9.17. The van der Waals surface area contributed by atoms with Gasteiger partial charge in [-0.2, -0.15) is 0 Å². The molecule has 0 spiro atoms. The quantitative estimate of drug-likeness (QED) is 0.433. The van der Waals surface area contributed by atoms with Crippen molar-refractivity contribution in [2.24, 2.45) is 0 Å². The van der Waals surface area contributed by atoms with Crippen molar-refractivity contribution in [2.45, 2.75) is 6.92 Å². The fraction of sp³-hybridized carbons (Fsp3) is 0.0455. The number of para-hydroxylation sites is 1. The highest BCUT2D eigenvalue weighted by Crippen LogP contribution is 2.18. The maximum atomic E-state index is 12.6. The van der Waals surface area contributed by atoms with Gasteiger partial charge in [-0.05, 0) is 43.3 Å². The van der Waals surface area contributed by atoms with Gasteiger partial charge < -0.3 is 5.32 Å². The van der Waals surface area contributed by atoms with Crippen LogP contribution in [-0.2, 0) is 0 Å². The van der Waals surface area contributed by atoms with Gasteiger partial charge in [-0.1, -0.05) is 29.8 Å². The van der Waals surface area contributed by atoms with Crippen LogP contribution in [-0.4, -0.2) is 22.6 Å². The first-order chi connectivity index (χ1) is 14.8. The molecule has 3 aromatic rings. The summed E-state index contributed by atoms with van der Waals surface area (Å²) in [6, 6.07) is 18.2. The third-order valence-electron chi connectivity index (χ3n) is 4.33. The van der Waals surface area contributed by atoms with Crippen LogP contribution in [0.3, 0.4) is 0 Å². The lowest BCUT2D eigenvalue weighted by molar-refractivity contribution is -0.384. The molecule has 0 aliphatic heterocycles. The number of carbonyl (C=O) groups excluding carboxylic acids is 3. The Hall–Kier alpha value is -4.53. The molecule has 31 heavy (non-hydrogen) atoms. The molecule has 3 N–H and O–H groups in total. The number of rotatable bonds is 5. The van der Waals surface area contributed by atoms with Gasteiger partial charge in [-0.25, -0.2) is 0 Å². The topological polar surface area (TPSA) is 130 Å². The van der Waals surface area contributed by atoms with Crippen molar-refractivity contribution in [1.29, 1.82) is 0 Å². The zero-order valence-corrected chi connectivity index (χ0v) is 16.4. The molecule has 0 bridgehead atoms. The van der Waals surface area contributed by atoms with Gasteiger partial charge in [0.1, 0.15) is 0 Å². The number of benzene rings is 3. The second kappa shape index (κ2) is 9.31. The Bertz CT molecular complexity index is 1160. The lowest BCUT2D eigenvalue weighted by Gasteiger charge is -2.12. The molecule has 156 valence electrons. The predicted molar refractivity (Wildman–Crippen MR) is 114 cm³/mol. The fourth-order valence-electron chi connectivity index (χ4n) is 2.76. The summed E-state index contributed by atoms with van der Waals surface area (Å²) >= 11 is 0. The number of non-ortho nitro benzene ring substituents is 1. The molecular weight excluding hydrogens is 400 g/mol. The first kappa shape index (κ1) is 21.2. The first-order valence-corrected chi connectivity index (χ1v) is 9.17. The number of nitrogens with zero attached hydrogens (tertiary/aromatic N) is 1. The molecule has 0 saturated heterocycles. The summed E-state index contributed by atoms with van der Waals surface area (Å²) in [5, 5.41) is 13.3. The van der Waals surface area contributed by atoms with Gasteiger partial charge in [0, 0.05) is 23.3 Å². The summed E-state index contributed by atoms with van der Waals surface area (Å²) in [5.41, 5.74) is 6.35. The molecule has 0 saturated carbocycles. The Morgan fingerprint density at radius 2 is 1.45 bits per heavy atom. The van der Waals surface area contributed by atoms with Crippen LogP contribution in [0, 0.1) is 17.0 Å². The third kappa shape index (κ3) is 5.30. The number of hydrazine groups is 1. The Kier molecular flexibility index (Phi) is 6.36. The molecule has 0 aliphatic rings. The van der Waals surface area contributed by atoms with E-state index in [-0.39, 0.29) is 22.5 Å². The molecule has 0 radical (unpaired) electrons. The fourth-order valence-corrected chi connectivity index (χ4v) is 2.76. The minimum Gasteiger partial charge on any atom is -0.321 e. The number of hydrogen-bond donors (Lipinski definition) is 3. The summed E-state index contributed by atoms with van der Waals surface area (Å²) in [5.74, 6) is -1.65. The van der Waals surface area contributed by atoms with Crippen LogP contribution in [0.2, 0.25) is 0 Å². The second-order valence-corrected chi connectivity index (χ2v) is 6.58. The lowest BCUT2D eigenvalue weighted by Crippen LogP contribution is -2.41. The van der Waals surface area contributed by atoms with Crippen molar-refractivity contribution in [3.63, 3.8) is 0 Å². The van der Waals surface area contributed by atoms with Crippen molar-refractivity contribution in [2.75, 3.05) is 5.32 Å². The smallest absolute Gasteiger partial charge is 0.271 e. The average molecular weight is 418 g/mol. The molecular formula is C22H18N4O5. The number of aryl methyl sites for hydroxylation is 1. The van der Waals surface area contributed by atoms with Gasteiger partial charge in [-0.3, -0.25) is 35.3 Å². The lowest BCUT2D eigenvalue weighted by atomic mass is 10.1. The maximum absolute atomic E-state index is 12.6. The van der Waals surface area contributed by atoms with E-state index in [9.17, 15) is 24.5 Å². The molecule has 9 heteroatoms. The zero-order chi connectivity index (χ0) is 22.4. The number of carbonyl (C=O) groups is 3. The minimum atomic E-state index is -0.624. The van der Waals surface area contributed by atoms with Crippen LogP contribution in [0.15, 0.2) is 72.8 Å². The maximum Gasteiger partial charge on any atom is 0.271 e. The molecule has 0 atom stereocenters. The van der Waals surface area contributed by atoms with E-state index >= 15 is 0 Å². The van der Waals surface area contributed by atoms with Crippen molar-refractivity contribution in [1.82, 2.24) is 10.9 Å².